The minimum Gasteiger partial charge on any atom is -0.368 e. The van der Waals surface area contributed by atoms with Gasteiger partial charge in [-0.05, 0) is 39.9 Å². The van der Waals surface area contributed by atoms with Gasteiger partial charge in [0.1, 0.15) is 6.04 Å². The Morgan fingerprint density at radius 2 is 1.39 bits per heavy atom. The van der Waals surface area contributed by atoms with Gasteiger partial charge in [0.2, 0.25) is 11.8 Å². The number of halogens is 3. The first kappa shape index (κ1) is 20.7. The molecule has 0 saturated carbocycles. The van der Waals surface area contributed by atoms with Gasteiger partial charge in [-0.3, -0.25) is 9.59 Å². The fourth-order valence-corrected chi connectivity index (χ4v) is 4.09. The molecule has 4 rings (SSSR count). The Hall–Kier alpha value is -3.61. The molecule has 2 amide bonds. The number of nitrogens with one attached hydrogen (secondary N) is 1. The van der Waals surface area contributed by atoms with Crippen LogP contribution in [0.3, 0.4) is 0 Å². The van der Waals surface area contributed by atoms with Crippen LogP contribution in [0.25, 0.3) is 11.1 Å². The summed E-state index contributed by atoms with van der Waals surface area (Å²) in [6, 6.07) is 18.6. The molecule has 158 valence electrons. The van der Waals surface area contributed by atoms with Crippen LogP contribution in [0.5, 0.6) is 0 Å². The van der Waals surface area contributed by atoms with Gasteiger partial charge in [0, 0.05) is 5.92 Å². The Balaban J connectivity index is 1.58. The van der Waals surface area contributed by atoms with Crippen LogP contribution in [0, 0.1) is 0 Å². The molecule has 0 spiro atoms. The van der Waals surface area contributed by atoms with E-state index >= 15 is 0 Å². The molecule has 0 heterocycles. The lowest BCUT2D eigenvalue weighted by Crippen LogP contribution is -2.48. The molecule has 3 N–H and O–H groups in total. The summed E-state index contributed by atoms with van der Waals surface area (Å²) in [4.78, 5) is 25.0. The van der Waals surface area contributed by atoms with E-state index in [9.17, 15) is 22.8 Å². The number of fused-ring (bicyclic) bond motifs is 3. The molecule has 1 aliphatic rings. The van der Waals surface area contributed by atoms with Crippen molar-refractivity contribution >= 4 is 11.8 Å². The van der Waals surface area contributed by atoms with E-state index in [1.807, 2.05) is 48.5 Å². The molecule has 3 aromatic rings. The van der Waals surface area contributed by atoms with Gasteiger partial charge in [-0.2, -0.15) is 13.2 Å². The molecular formula is C24H19F3N2O2. The Kier molecular flexibility index (Phi) is 5.27. The lowest BCUT2D eigenvalue weighted by atomic mass is 9.88. The van der Waals surface area contributed by atoms with Gasteiger partial charge in [-0.15, -0.1) is 0 Å². The molecule has 4 nitrogen and oxygen atoms in total. The molecule has 3 aromatic carbocycles. The average Bonchev–Trinajstić information content (AvgIpc) is 3.06. The number of rotatable bonds is 5. The Labute approximate surface area is 176 Å². The second-order valence-electron chi connectivity index (χ2n) is 7.47. The fraction of sp³-hybridized carbons (Fsp3) is 0.167. The average molecular weight is 424 g/mol. The van der Waals surface area contributed by atoms with E-state index in [2.05, 4.69) is 5.32 Å². The predicted molar refractivity (Wildman–Crippen MR) is 110 cm³/mol. The lowest BCUT2D eigenvalue weighted by molar-refractivity contribution is -0.137. The third kappa shape index (κ3) is 4.03. The minimum absolute atomic E-state index is 0.169. The first-order chi connectivity index (χ1) is 14.8. The summed E-state index contributed by atoms with van der Waals surface area (Å²) in [5.74, 6) is -1.62. The standard InChI is InChI=1S/C24H19F3N2O2/c25-24(26,27)15-11-9-14(10-12-15)13-20(30)29-22(23(28)31)21-18-7-3-1-5-16(18)17-6-2-4-8-19(17)21/h1-12,21-22H,13H2,(H2,28,31)(H,29,30)/t22-/m1/s1. The fourth-order valence-electron chi connectivity index (χ4n) is 4.09. The van der Waals surface area contributed by atoms with E-state index < -0.39 is 35.5 Å². The van der Waals surface area contributed by atoms with Gasteiger partial charge in [0.25, 0.3) is 0 Å². The van der Waals surface area contributed by atoms with Gasteiger partial charge in [-0.1, -0.05) is 60.7 Å². The largest absolute Gasteiger partial charge is 0.416 e. The zero-order chi connectivity index (χ0) is 22.2. The number of nitrogens with two attached hydrogens (primary N) is 1. The van der Waals surface area contributed by atoms with E-state index in [4.69, 9.17) is 5.73 Å². The van der Waals surface area contributed by atoms with E-state index in [-0.39, 0.29) is 6.42 Å². The molecule has 1 aliphatic carbocycles. The van der Waals surface area contributed by atoms with Crippen molar-refractivity contribution in [2.45, 2.75) is 24.6 Å². The van der Waals surface area contributed by atoms with Crippen molar-refractivity contribution < 1.29 is 22.8 Å². The SMILES string of the molecule is NC(=O)[C@H](NC(=O)Cc1ccc(C(F)(F)F)cc1)C1c2ccccc2-c2ccccc21. The number of primary amides is 1. The van der Waals surface area contributed by atoms with Crippen LogP contribution in [0.4, 0.5) is 13.2 Å². The second-order valence-corrected chi connectivity index (χ2v) is 7.47. The molecule has 0 fully saturated rings. The number of alkyl halides is 3. The van der Waals surface area contributed by atoms with Crippen LogP contribution < -0.4 is 11.1 Å². The van der Waals surface area contributed by atoms with Gasteiger partial charge >= 0.3 is 6.18 Å². The van der Waals surface area contributed by atoms with Gasteiger partial charge in [-0.25, -0.2) is 0 Å². The van der Waals surface area contributed by atoms with Crippen molar-refractivity contribution in [2.24, 2.45) is 5.73 Å². The predicted octanol–water partition coefficient (Wildman–Crippen LogP) is 4.03. The van der Waals surface area contributed by atoms with Gasteiger partial charge in [0.05, 0.1) is 12.0 Å². The summed E-state index contributed by atoms with van der Waals surface area (Å²) in [5.41, 5.74) is 9.02. The van der Waals surface area contributed by atoms with Crippen LogP contribution >= 0.6 is 0 Å². The number of carbonyl (C=O) groups excluding carboxylic acids is 2. The van der Waals surface area contributed by atoms with Crippen molar-refractivity contribution in [1.29, 1.82) is 0 Å². The summed E-state index contributed by atoms with van der Waals surface area (Å²) in [6.45, 7) is 0. The number of hydrogen-bond donors (Lipinski definition) is 2. The van der Waals surface area contributed by atoms with Crippen LogP contribution in [0.15, 0.2) is 72.8 Å². The first-order valence-electron chi connectivity index (χ1n) is 9.69. The first-order valence-corrected chi connectivity index (χ1v) is 9.69. The maximum absolute atomic E-state index is 12.7. The third-order valence-corrected chi connectivity index (χ3v) is 5.48. The molecular weight excluding hydrogens is 405 g/mol. The summed E-state index contributed by atoms with van der Waals surface area (Å²) in [6.07, 6.45) is -4.61. The number of amides is 2. The van der Waals surface area contributed by atoms with Crippen molar-refractivity contribution in [3.63, 3.8) is 0 Å². The number of carbonyl (C=O) groups is 2. The summed E-state index contributed by atoms with van der Waals surface area (Å²) in [7, 11) is 0. The second kappa shape index (κ2) is 7.91. The zero-order valence-electron chi connectivity index (χ0n) is 16.3. The molecule has 0 radical (unpaired) electrons. The minimum atomic E-state index is -4.44. The Morgan fingerprint density at radius 3 is 1.87 bits per heavy atom. The molecule has 0 aliphatic heterocycles. The molecule has 1 atom stereocenters. The number of hydrogen-bond acceptors (Lipinski definition) is 2. The van der Waals surface area contributed by atoms with E-state index in [1.54, 1.807) is 0 Å². The van der Waals surface area contributed by atoms with Crippen molar-refractivity contribution in [1.82, 2.24) is 5.32 Å². The monoisotopic (exact) mass is 424 g/mol. The maximum Gasteiger partial charge on any atom is 0.416 e. The quantitative estimate of drug-likeness (QED) is 0.649. The van der Waals surface area contributed by atoms with Crippen molar-refractivity contribution in [3.8, 4) is 11.1 Å². The highest BCUT2D eigenvalue weighted by Crippen LogP contribution is 2.46. The van der Waals surface area contributed by atoms with E-state index in [0.29, 0.717) is 5.56 Å². The third-order valence-electron chi connectivity index (χ3n) is 5.48. The highest BCUT2D eigenvalue weighted by atomic mass is 19.4. The molecule has 0 unspecified atom stereocenters. The van der Waals surface area contributed by atoms with Crippen molar-refractivity contribution in [3.05, 3.63) is 95.1 Å². The summed E-state index contributed by atoms with van der Waals surface area (Å²) >= 11 is 0. The van der Waals surface area contributed by atoms with Gasteiger partial charge < -0.3 is 11.1 Å². The van der Waals surface area contributed by atoms with Crippen molar-refractivity contribution in [2.75, 3.05) is 0 Å². The Morgan fingerprint density at radius 1 is 0.871 bits per heavy atom. The molecule has 7 heteroatoms. The van der Waals surface area contributed by atoms with Crippen LogP contribution in [-0.2, 0) is 22.2 Å². The highest BCUT2D eigenvalue weighted by molar-refractivity contribution is 5.91. The van der Waals surface area contributed by atoms with Gasteiger partial charge in [0.15, 0.2) is 0 Å². The highest BCUT2D eigenvalue weighted by Gasteiger charge is 2.38. The molecule has 0 aromatic heterocycles. The van der Waals surface area contributed by atoms with E-state index in [1.165, 1.54) is 12.1 Å². The van der Waals surface area contributed by atoms with Crippen LogP contribution in [0.2, 0.25) is 0 Å². The Bertz CT molecular complexity index is 1090. The molecule has 31 heavy (non-hydrogen) atoms. The van der Waals surface area contributed by atoms with Crippen LogP contribution in [-0.4, -0.2) is 17.9 Å². The molecule has 0 bridgehead atoms. The lowest BCUT2D eigenvalue weighted by Gasteiger charge is -2.24. The topological polar surface area (TPSA) is 72.2 Å². The summed E-state index contributed by atoms with van der Waals surface area (Å²) < 4.78 is 38.2. The number of benzene rings is 3. The maximum atomic E-state index is 12.7. The zero-order valence-corrected chi connectivity index (χ0v) is 16.3. The molecule has 0 saturated heterocycles. The van der Waals surface area contributed by atoms with Crippen LogP contribution in [0.1, 0.15) is 28.2 Å². The summed E-state index contributed by atoms with van der Waals surface area (Å²) in [5, 5.41) is 2.70. The smallest absolute Gasteiger partial charge is 0.368 e. The van der Waals surface area contributed by atoms with E-state index in [0.717, 1.165) is 34.4 Å². The normalized spacial score (nSPS) is 13.9.